The summed E-state index contributed by atoms with van der Waals surface area (Å²) in [4.78, 5) is 2.74. The molecule has 0 fully saturated rings. The molecule has 2 aliphatic rings. The molecule has 3 aromatic rings. The molecule has 5 rings (SSSR count). The SMILES string of the molecule is COc1ccc2c(c1)C(=C(C#N)C#N)/C(=C/C=C/C=C1\Sc3cc4ccccc4cc3N1CCCS(=O)(=O)O)S2(=O)=O. The molecule has 0 aliphatic carbocycles. The van der Waals surface area contributed by atoms with E-state index in [0.717, 1.165) is 26.4 Å². The van der Waals surface area contributed by atoms with Gasteiger partial charge in [0, 0.05) is 22.6 Å². The summed E-state index contributed by atoms with van der Waals surface area (Å²) in [7, 11) is -6.70. The number of allylic oxidation sites excluding steroid dienone is 6. The molecular formula is C30H23N3O6S3. The molecule has 212 valence electrons. The highest BCUT2D eigenvalue weighted by atomic mass is 32.2. The van der Waals surface area contributed by atoms with Gasteiger partial charge >= 0.3 is 0 Å². The predicted octanol–water partition coefficient (Wildman–Crippen LogP) is 5.61. The van der Waals surface area contributed by atoms with Crippen LogP contribution in [0.3, 0.4) is 0 Å². The molecule has 0 spiro atoms. The van der Waals surface area contributed by atoms with Gasteiger partial charge in [-0.15, -0.1) is 0 Å². The van der Waals surface area contributed by atoms with Crippen LogP contribution in [0.25, 0.3) is 16.3 Å². The van der Waals surface area contributed by atoms with Crippen molar-refractivity contribution >= 4 is 53.8 Å². The van der Waals surface area contributed by atoms with E-state index in [4.69, 9.17) is 4.74 Å². The molecule has 0 radical (unpaired) electrons. The number of benzene rings is 3. The second kappa shape index (κ2) is 11.5. The van der Waals surface area contributed by atoms with Crippen molar-refractivity contribution in [3.63, 3.8) is 0 Å². The molecule has 1 N–H and O–H groups in total. The van der Waals surface area contributed by atoms with Gasteiger partial charge < -0.3 is 9.64 Å². The molecular weight excluding hydrogens is 595 g/mol. The number of ether oxygens (including phenoxy) is 1. The van der Waals surface area contributed by atoms with Gasteiger partial charge in [-0.25, -0.2) is 8.42 Å². The first-order valence-electron chi connectivity index (χ1n) is 12.6. The monoisotopic (exact) mass is 617 g/mol. The normalized spacial score (nSPS) is 17.4. The summed E-state index contributed by atoms with van der Waals surface area (Å²) in [5.41, 5.74) is 0.812. The number of sulfone groups is 1. The van der Waals surface area contributed by atoms with Gasteiger partial charge in [0.05, 0.1) is 33.4 Å². The Labute approximate surface area is 248 Å². The van der Waals surface area contributed by atoms with Crippen LogP contribution in [0.4, 0.5) is 5.69 Å². The lowest BCUT2D eigenvalue weighted by molar-refractivity contribution is 0.414. The Bertz CT molecular complexity index is 2030. The van der Waals surface area contributed by atoms with E-state index in [0.29, 0.717) is 12.3 Å². The molecule has 9 nitrogen and oxygen atoms in total. The lowest BCUT2D eigenvalue weighted by atomic mass is 10.00. The molecule has 42 heavy (non-hydrogen) atoms. The van der Waals surface area contributed by atoms with Crippen molar-refractivity contribution in [1.82, 2.24) is 0 Å². The fourth-order valence-corrected chi connectivity index (χ4v) is 8.14. The van der Waals surface area contributed by atoms with Crippen LogP contribution in [0.5, 0.6) is 5.75 Å². The molecule has 0 amide bonds. The molecule has 0 saturated heterocycles. The number of fused-ring (bicyclic) bond motifs is 3. The minimum atomic E-state index is -4.12. The van der Waals surface area contributed by atoms with Crippen LogP contribution in [0.1, 0.15) is 12.0 Å². The van der Waals surface area contributed by atoms with Crippen molar-refractivity contribution in [3.8, 4) is 17.9 Å². The van der Waals surface area contributed by atoms with Crippen LogP contribution in [0.2, 0.25) is 0 Å². The number of thioether (sulfide) groups is 1. The van der Waals surface area contributed by atoms with E-state index in [1.165, 1.54) is 49.2 Å². The van der Waals surface area contributed by atoms with Gasteiger partial charge in [0.25, 0.3) is 10.1 Å². The highest BCUT2D eigenvalue weighted by Crippen LogP contribution is 2.48. The van der Waals surface area contributed by atoms with Gasteiger partial charge in [-0.05, 0) is 59.7 Å². The molecule has 12 heteroatoms. The third kappa shape index (κ3) is 5.58. The van der Waals surface area contributed by atoms with Crippen LogP contribution < -0.4 is 9.64 Å². The Hall–Kier alpha value is -4.33. The highest BCUT2D eigenvalue weighted by Gasteiger charge is 2.38. The number of nitrogens with zero attached hydrogens (tertiary/aromatic N) is 3. The number of nitriles is 2. The van der Waals surface area contributed by atoms with Gasteiger partial charge in [-0.3, -0.25) is 4.55 Å². The van der Waals surface area contributed by atoms with Gasteiger partial charge in [0.2, 0.25) is 9.84 Å². The van der Waals surface area contributed by atoms with E-state index in [1.807, 2.05) is 35.2 Å². The highest BCUT2D eigenvalue weighted by molar-refractivity contribution is 8.03. The van der Waals surface area contributed by atoms with Crippen molar-refractivity contribution in [3.05, 3.63) is 100.0 Å². The van der Waals surface area contributed by atoms with Crippen LogP contribution in [-0.4, -0.2) is 40.8 Å². The van der Waals surface area contributed by atoms with Gasteiger partial charge in [-0.2, -0.15) is 18.9 Å². The molecule has 2 aliphatic heterocycles. The summed E-state index contributed by atoms with van der Waals surface area (Å²) in [5.74, 6) is 0.00264. The average molecular weight is 618 g/mol. The van der Waals surface area contributed by atoms with Gasteiger partial charge in [0.15, 0.2) is 0 Å². The Balaban J connectivity index is 1.52. The predicted molar refractivity (Wildman–Crippen MR) is 162 cm³/mol. The summed E-state index contributed by atoms with van der Waals surface area (Å²) >= 11 is 1.48. The van der Waals surface area contributed by atoms with E-state index in [1.54, 1.807) is 24.3 Å². The average Bonchev–Trinajstić information content (AvgIpc) is 3.40. The minimum Gasteiger partial charge on any atom is -0.497 e. The largest absolute Gasteiger partial charge is 0.497 e. The second-order valence-corrected chi connectivity index (χ2v) is 13.8. The zero-order valence-corrected chi connectivity index (χ0v) is 24.6. The Morgan fingerprint density at radius 3 is 2.40 bits per heavy atom. The molecule has 0 unspecified atom stereocenters. The molecule has 3 aromatic carbocycles. The number of hydrogen-bond donors (Lipinski definition) is 1. The second-order valence-electron chi connectivity index (χ2n) is 9.32. The molecule has 2 heterocycles. The van der Waals surface area contributed by atoms with E-state index < -0.39 is 20.0 Å². The summed E-state index contributed by atoms with van der Waals surface area (Å²) < 4.78 is 63.9. The quantitative estimate of drug-likeness (QED) is 0.262. The maximum absolute atomic E-state index is 13.4. The smallest absolute Gasteiger partial charge is 0.264 e. The zero-order valence-electron chi connectivity index (χ0n) is 22.2. The lowest BCUT2D eigenvalue weighted by Gasteiger charge is -2.20. The minimum absolute atomic E-state index is 0.0156. The van der Waals surface area contributed by atoms with Crippen LogP contribution in [-0.2, 0) is 20.0 Å². The third-order valence-corrected chi connectivity index (χ3v) is 10.5. The molecule has 0 atom stereocenters. The van der Waals surface area contributed by atoms with Gasteiger partial charge in [0.1, 0.15) is 23.5 Å². The first kappa shape index (κ1) is 29.2. The van der Waals surface area contributed by atoms with Crippen LogP contribution in [0, 0.1) is 22.7 Å². The van der Waals surface area contributed by atoms with Crippen LogP contribution in [0.15, 0.2) is 104 Å². The first-order valence-corrected chi connectivity index (χ1v) is 16.5. The fraction of sp³-hybridized carbons (Fsp3) is 0.133. The molecule has 0 saturated carbocycles. The first-order chi connectivity index (χ1) is 20.1. The van der Waals surface area contributed by atoms with Crippen molar-refractivity contribution in [2.45, 2.75) is 16.2 Å². The standard InChI is InChI=1S/C30H23N3O6S3/c1-39-23-11-12-27-24(17-23)30(22(18-31)19-32)28(42(27,37)38)9-4-5-10-29-33(13-6-14-41(34,35)36)25-15-20-7-2-3-8-21(20)16-26(25)40-29/h2-5,7-12,15-17H,6,13-14H2,1H3,(H,34,35,36)/b5-4+,28-9-,29-10-. The maximum Gasteiger partial charge on any atom is 0.264 e. The van der Waals surface area contributed by atoms with Crippen molar-refractivity contribution in [2.24, 2.45) is 0 Å². The van der Waals surface area contributed by atoms with E-state index in [9.17, 15) is 31.9 Å². The Morgan fingerprint density at radius 1 is 1.05 bits per heavy atom. The van der Waals surface area contributed by atoms with Crippen molar-refractivity contribution in [1.29, 1.82) is 10.5 Å². The van der Waals surface area contributed by atoms with E-state index >= 15 is 0 Å². The fourth-order valence-electron chi connectivity index (χ4n) is 4.85. The van der Waals surface area contributed by atoms with Gasteiger partial charge in [-0.1, -0.05) is 48.2 Å². The third-order valence-electron chi connectivity index (χ3n) is 6.74. The summed E-state index contributed by atoms with van der Waals surface area (Å²) in [6.07, 6.45) is 6.48. The summed E-state index contributed by atoms with van der Waals surface area (Å²) in [6.45, 7) is 0.324. The van der Waals surface area contributed by atoms with E-state index in [2.05, 4.69) is 6.07 Å². The van der Waals surface area contributed by atoms with Crippen molar-refractivity contribution in [2.75, 3.05) is 24.3 Å². The number of methoxy groups -OCH3 is 1. The summed E-state index contributed by atoms with van der Waals surface area (Å²) in [6, 6.07) is 19.9. The Morgan fingerprint density at radius 2 is 1.74 bits per heavy atom. The van der Waals surface area contributed by atoms with Crippen molar-refractivity contribution < 1.29 is 26.1 Å². The zero-order chi connectivity index (χ0) is 30.1. The number of hydrogen-bond acceptors (Lipinski definition) is 9. The molecule has 0 aromatic heterocycles. The summed E-state index contributed by atoms with van der Waals surface area (Å²) in [5, 5.41) is 22.0. The number of rotatable bonds is 7. The van der Waals surface area contributed by atoms with Crippen LogP contribution >= 0.6 is 11.8 Å². The Kier molecular flexibility index (Phi) is 7.99. The topological polar surface area (TPSA) is 149 Å². The lowest BCUT2D eigenvalue weighted by Crippen LogP contribution is -2.21. The van der Waals surface area contributed by atoms with E-state index in [-0.39, 0.29) is 38.7 Å². The maximum atomic E-state index is 13.4. The number of anilines is 1. The molecule has 0 bridgehead atoms.